The summed E-state index contributed by atoms with van der Waals surface area (Å²) in [7, 11) is 1.64. The van der Waals surface area contributed by atoms with E-state index in [9.17, 15) is 0 Å². The molecule has 0 aliphatic rings. The molecule has 29 heavy (non-hydrogen) atoms. The van der Waals surface area contributed by atoms with Crippen LogP contribution in [0.1, 0.15) is 48.6 Å². The summed E-state index contributed by atoms with van der Waals surface area (Å²) in [6.07, 6.45) is 4.44. The Kier molecular flexibility index (Phi) is 14.3. The smallest absolute Gasteiger partial charge is 0.512 e. The Morgan fingerprint density at radius 1 is 1.24 bits per heavy atom. The Hall–Kier alpha value is -1.68. The minimum absolute atomic E-state index is 0. The minimum atomic E-state index is 0. The molecule has 1 heterocycles. The maximum absolute atomic E-state index is 8.88. The maximum atomic E-state index is 8.88. The van der Waals surface area contributed by atoms with Gasteiger partial charge >= 0.3 is 51.4 Å². The molecule has 0 saturated carbocycles. The van der Waals surface area contributed by atoms with E-state index in [1.165, 1.54) is 12.8 Å². The fourth-order valence-electron chi connectivity index (χ4n) is 2.88. The first-order valence-electron chi connectivity index (χ1n) is 9.21. The first-order chi connectivity index (χ1) is 13.6. The molecule has 0 bridgehead atoms. The van der Waals surface area contributed by atoms with Gasteiger partial charge in [-0.25, -0.2) is 4.98 Å². The number of ether oxygens (including phenoxy) is 1. The van der Waals surface area contributed by atoms with Crippen LogP contribution >= 0.6 is 0 Å². The fourth-order valence-corrected chi connectivity index (χ4v) is 2.88. The van der Waals surface area contributed by atoms with E-state index >= 15 is 0 Å². The monoisotopic (exact) mass is 418 g/mol. The van der Waals surface area contributed by atoms with E-state index in [0.29, 0.717) is 12.8 Å². The summed E-state index contributed by atoms with van der Waals surface area (Å²) in [6.45, 7) is 9.73. The number of nitrogen functional groups attached to an aromatic ring is 1. The molecule has 0 unspecified atom stereocenters. The Bertz CT molecular complexity index is 832. The molecule has 1 aromatic carbocycles. The van der Waals surface area contributed by atoms with Crippen molar-refractivity contribution >= 4 is 11.8 Å². The van der Waals surface area contributed by atoms with Gasteiger partial charge in [-0.15, -0.1) is 0 Å². The van der Waals surface area contributed by atoms with Crippen LogP contribution in [0.15, 0.2) is 18.2 Å². The van der Waals surface area contributed by atoms with Crippen LogP contribution in [0.3, 0.4) is 0 Å². The summed E-state index contributed by atoms with van der Waals surface area (Å²) in [6, 6.07) is 8.04. The van der Waals surface area contributed by atoms with Crippen molar-refractivity contribution in [3.8, 4) is 11.8 Å². The van der Waals surface area contributed by atoms with Gasteiger partial charge in [0, 0.05) is 24.2 Å². The number of hydrogen-bond acceptors (Lipinski definition) is 7. The molecule has 2 aromatic rings. The summed E-state index contributed by atoms with van der Waals surface area (Å²) in [5.74, 6) is 1.83. The van der Waals surface area contributed by atoms with Gasteiger partial charge in [0.25, 0.3) is 0 Å². The van der Waals surface area contributed by atoms with Gasteiger partial charge in [0.1, 0.15) is 11.6 Å². The molecule has 0 saturated heterocycles. The zero-order chi connectivity index (χ0) is 20.9. The molecule has 8 heteroatoms. The van der Waals surface area contributed by atoms with E-state index in [4.69, 9.17) is 27.6 Å². The van der Waals surface area contributed by atoms with E-state index in [0.717, 1.165) is 46.9 Å². The molecule has 0 aliphatic heterocycles. The number of aromatic nitrogens is 2. The first kappa shape index (κ1) is 27.3. The quantitative estimate of drug-likeness (QED) is 0.350. The van der Waals surface area contributed by atoms with Crippen LogP contribution in [0.4, 0.5) is 11.8 Å². The van der Waals surface area contributed by atoms with Gasteiger partial charge in [0.15, 0.2) is 0 Å². The second-order valence-corrected chi connectivity index (χ2v) is 6.29. The zero-order valence-electron chi connectivity index (χ0n) is 17.7. The van der Waals surface area contributed by atoms with Gasteiger partial charge in [0.2, 0.25) is 5.95 Å². The Morgan fingerprint density at radius 3 is 2.59 bits per heavy atom. The Balaban J connectivity index is 0.00000253. The number of nitrogens with one attached hydrogen (secondary N) is 1. The van der Waals surface area contributed by atoms with Gasteiger partial charge in [0.05, 0.1) is 19.6 Å². The molecule has 0 radical (unpaired) electrons. The zero-order valence-corrected chi connectivity index (χ0v) is 20.9. The molecule has 2 rings (SSSR count). The number of hydrogen-bond donors (Lipinski definition) is 2. The van der Waals surface area contributed by atoms with Crippen molar-refractivity contribution in [2.45, 2.75) is 46.0 Å². The molecule has 1 aromatic heterocycles. The van der Waals surface area contributed by atoms with Gasteiger partial charge < -0.3 is 27.6 Å². The molecule has 148 valence electrons. The van der Waals surface area contributed by atoms with Crippen molar-refractivity contribution in [3.63, 3.8) is 0 Å². The summed E-state index contributed by atoms with van der Waals surface area (Å²) >= 11 is 0. The number of methoxy groups -OCH3 is 1. The number of nitriles is 1. The third kappa shape index (κ3) is 8.69. The largest absolute Gasteiger partial charge is 1.00 e. The number of benzene rings is 1. The Labute approximate surface area is 216 Å². The number of unbranched alkanes of at least 4 members (excludes halogenated alkanes) is 2. The average molecular weight is 419 g/mol. The summed E-state index contributed by atoms with van der Waals surface area (Å²) in [5, 5.41) is 18.5. The molecule has 0 atom stereocenters. The fraction of sp³-hybridized carbons (Fsp3) is 0.429. The van der Waals surface area contributed by atoms with Crippen LogP contribution in [0.5, 0.6) is 5.75 Å². The topological polar surface area (TPSA) is 121 Å². The molecule has 0 fully saturated rings. The molecule has 0 aliphatic carbocycles. The van der Waals surface area contributed by atoms with Crippen molar-refractivity contribution < 1.29 is 56.1 Å². The number of aryl methyl sites for hydroxylation is 1. The van der Waals surface area contributed by atoms with E-state index in [1.807, 2.05) is 25.1 Å². The number of nitrogens with two attached hydrogens (primary N) is 1. The van der Waals surface area contributed by atoms with Crippen LogP contribution < -0.4 is 67.2 Å². The standard InChI is InChI=1S/C20H27N5O.CN.K/c1-4-5-6-11-23-19-17(14(2)24-20(22)25-19)13-16-8-7-15(9-10-21)12-18(16)26-3;1-2;/h7-8,12H,4-6,9,11,13H2,1-3H3,(H3,22,23,24,25);;/q;-1;+1. The minimum Gasteiger partial charge on any atom is -0.512 e. The van der Waals surface area contributed by atoms with Crippen LogP contribution in [0.25, 0.3) is 0 Å². The van der Waals surface area contributed by atoms with E-state index < -0.39 is 0 Å². The van der Waals surface area contributed by atoms with Crippen LogP contribution in [-0.2, 0) is 12.8 Å². The van der Waals surface area contributed by atoms with Gasteiger partial charge in [-0.2, -0.15) is 10.2 Å². The van der Waals surface area contributed by atoms with Crippen molar-refractivity contribution in [1.82, 2.24) is 9.97 Å². The Morgan fingerprint density at radius 2 is 1.97 bits per heavy atom. The maximum Gasteiger partial charge on any atom is 1.00 e. The van der Waals surface area contributed by atoms with Gasteiger partial charge in [-0.1, -0.05) is 31.9 Å². The number of nitrogens with zero attached hydrogens (tertiary/aromatic N) is 4. The van der Waals surface area contributed by atoms with Crippen LogP contribution in [-0.4, -0.2) is 23.6 Å². The number of anilines is 2. The molecular formula is C21H27KN6O. The van der Waals surface area contributed by atoms with E-state index in [-0.39, 0.29) is 57.3 Å². The average Bonchev–Trinajstić information content (AvgIpc) is 2.70. The van der Waals surface area contributed by atoms with Crippen LogP contribution in [0.2, 0.25) is 0 Å². The van der Waals surface area contributed by atoms with Crippen molar-refractivity contribution in [3.05, 3.63) is 47.2 Å². The van der Waals surface area contributed by atoms with Gasteiger partial charge in [-0.3, -0.25) is 0 Å². The number of rotatable bonds is 9. The van der Waals surface area contributed by atoms with Crippen molar-refractivity contribution in [1.29, 1.82) is 10.5 Å². The second-order valence-electron chi connectivity index (χ2n) is 6.29. The van der Waals surface area contributed by atoms with E-state index in [1.54, 1.807) is 7.11 Å². The van der Waals surface area contributed by atoms with Crippen molar-refractivity contribution in [2.24, 2.45) is 0 Å². The predicted molar refractivity (Wildman–Crippen MR) is 109 cm³/mol. The van der Waals surface area contributed by atoms with Crippen molar-refractivity contribution in [2.75, 3.05) is 24.7 Å². The van der Waals surface area contributed by atoms with E-state index in [2.05, 4.69) is 28.3 Å². The molecule has 3 N–H and O–H groups in total. The first-order valence-corrected chi connectivity index (χ1v) is 9.21. The molecular weight excluding hydrogens is 391 g/mol. The molecule has 7 nitrogen and oxygen atoms in total. The SMILES string of the molecule is CCCCCNc1nc(N)nc(C)c1Cc1ccc(CC#N)cc1OC.[C-]#N.[K+]. The molecule has 0 spiro atoms. The third-order valence-electron chi connectivity index (χ3n) is 4.31. The normalized spacial score (nSPS) is 9.38. The summed E-state index contributed by atoms with van der Waals surface area (Å²) in [5.41, 5.74) is 9.69. The predicted octanol–water partition coefficient (Wildman–Crippen LogP) is 0.735. The summed E-state index contributed by atoms with van der Waals surface area (Å²) < 4.78 is 5.53. The third-order valence-corrected chi connectivity index (χ3v) is 4.31. The molecule has 0 amide bonds. The van der Waals surface area contributed by atoms with Crippen LogP contribution in [0, 0.1) is 30.1 Å². The van der Waals surface area contributed by atoms with Gasteiger partial charge in [-0.05, 0) is 30.5 Å². The summed E-state index contributed by atoms with van der Waals surface area (Å²) in [4.78, 5) is 8.72. The second kappa shape index (κ2) is 15.2.